The van der Waals surface area contributed by atoms with Crippen molar-refractivity contribution in [3.05, 3.63) is 65.5 Å². The first kappa shape index (κ1) is 22.7. The van der Waals surface area contributed by atoms with Gasteiger partial charge in [0, 0.05) is 65.1 Å². The molecule has 0 unspecified atom stereocenters. The molecule has 2 N–H and O–H groups in total. The Hall–Kier alpha value is -2.93. The monoisotopic (exact) mass is 422 g/mol. The van der Waals surface area contributed by atoms with Crippen LogP contribution in [0.4, 0.5) is 0 Å². The van der Waals surface area contributed by atoms with Gasteiger partial charge < -0.3 is 15.5 Å². The maximum atomic E-state index is 12.1. The quantitative estimate of drug-likeness (QED) is 0.528. The number of hydrogen-bond acceptors (Lipinski definition) is 4. The zero-order valence-corrected chi connectivity index (χ0v) is 18.8. The summed E-state index contributed by atoms with van der Waals surface area (Å²) in [7, 11) is 5.35. The predicted octanol–water partition coefficient (Wildman–Crippen LogP) is 2.16. The number of pyridine rings is 1. The standard InChI is InChI=1S/C24H34N6O/c1-25-24(27-14-10-19-7-6-8-20(17-19)23(31)29(2)3)28-21-11-15-30(16-12-21)18-22-9-4-5-13-26-22/h4-9,13,17,21H,10-12,14-16,18H2,1-3H3,(H2,25,27,28). The molecule has 0 aliphatic carbocycles. The Morgan fingerprint density at radius 2 is 2.00 bits per heavy atom. The van der Waals surface area contributed by atoms with Crippen LogP contribution >= 0.6 is 0 Å². The number of nitrogens with zero attached hydrogens (tertiary/aromatic N) is 4. The third-order valence-electron chi connectivity index (χ3n) is 5.55. The van der Waals surface area contributed by atoms with Gasteiger partial charge >= 0.3 is 0 Å². The Kier molecular flexibility index (Phi) is 8.41. The molecule has 0 spiro atoms. The van der Waals surface area contributed by atoms with Gasteiger partial charge in [-0.1, -0.05) is 18.2 Å². The van der Waals surface area contributed by atoms with Gasteiger partial charge in [-0.25, -0.2) is 0 Å². The summed E-state index contributed by atoms with van der Waals surface area (Å²) in [5.74, 6) is 0.866. The van der Waals surface area contributed by atoms with E-state index in [4.69, 9.17) is 0 Å². The van der Waals surface area contributed by atoms with E-state index in [1.54, 1.807) is 19.0 Å². The van der Waals surface area contributed by atoms with Crippen LogP contribution in [-0.2, 0) is 13.0 Å². The number of benzene rings is 1. The van der Waals surface area contributed by atoms with Crippen molar-refractivity contribution in [2.75, 3.05) is 40.8 Å². The largest absolute Gasteiger partial charge is 0.356 e. The lowest BCUT2D eigenvalue weighted by Crippen LogP contribution is -2.48. The Morgan fingerprint density at radius 3 is 2.68 bits per heavy atom. The topological polar surface area (TPSA) is 72.9 Å². The fraction of sp³-hybridized carbons (Fsp3) is 0.458. The lowest BCUT2D eigenvalue weighted by atomic mass is 10.0. The van der Waals surface area contributed by atoms with E-state index in [0.29, 0.717) is 6.04 Å². The van der Waals surface area contributed by atoms with E-state index in [-0.39, 0.29) is 5.91 Å². The molecule has 0 saturated carbocycles. The summed E-state index contributed by atoms with van der Waals surface area (Å²) in [6, 6.07) is 14.3. The Bertz CT molecular complexity index is 859. The molecule has 2 heterocycles. The molecule has 0 radical (unpaired) electrons. The number of piperidine rings is 1. The van der Waals surface area contributed by atoms with E-state index in [0.717, 1.165) is 68.2 Å². The van der Waals surface area contributed by atoms with E-state index in [1.807, 2.05) is 43.6 Å². The van der Waals surface area contributed by atoms with Crippen LogP contribution in [0.15, 0.2) is 53.7 Å². The second-order valence-electron chi connectivity index (χ2n) is 8.16. The molecule has 1 saturated heterocycles. The molecule has 166 valence electrons. The normalized spacial score (nSPS) is 15.5. The summed E-state index contributed by atoms with van der Waals surface area (Å²) < 4.78 is 0. The minimum absolute atomic E-state index is 0.0293. The summed E-state index contributed by atoms with van der Waals surface area (Å²) in [6.45, 7) is 3.78. The van der Waals surface area contributed by atoms with Gasteiger partial charge in [0.2, 0.25) is 0 Å². The molecule has 1 amide bonds. The van der Waals surface area contributed by atoms with Crippen molar-refractivity contribution in [1.82, 2.24) is 25.4 Å². The number of likely N-dealkylation sites (tertiary alicyclic amines) is 1. The van der Waals surface area contributed by atoms with Gasteiger partial charge in [0.25, 0.3) is 5.91 Å². The molecular weight excluding hydrogens is 388 g/mol. The molecule has 1 aliphatic heterocycles. The van der Waals surface area contributed by atoms with Crippen molar-refractivity contribution in [3.8, 4) is 0 Å². The van der Waals surface area contributed by atoms with Gasteiger partial charge in [-0.15, -0.1) is 0 Å². The fourth-order valence-corrected chi connectivity index (χ4v) is 3.79. The molecule has 0 atom stereocenters. The predicted molar refractivity (Wildman–Crippen MR) is 125 cm³/mol. The highest BCUT2D eigenvalue weighted by atomic mass is 16.2. The first-order chi connectivity index (χ1) is 15.0. The van der Waals surface area contributed by atoms with Crippen molar-refractivity contribution in [1.29, 1.82) is 0 Å². The number of hydrogen-bond donors (Lipinski definition) is 2. The van der Waals surface area contributed by atoms with Gasteiger partial charge in [-0.2, -0.15) is 0 Å². The summed E-state index contributed by atoms with van der Waals surface area (Å²) in [5.41, 5.74) is 2.99. The zero-order chi connectivity index (χ0) is 22.1. The average molecular weight is 423 g/mol. The second-order valence-corrected chi connectivity index (χ2v) is 8.16. The first-order valence-electron chi connectivity index (χ1n) is 10.9. The molecule has 1 aliphatic rings. The minimum atomic E-state index is 0.0293. The van der Waals surface area contributed by atoms with Crippen molar-refractivity contribution in [2.24, 2.45) is 4.99 Å². The number of aromatic nitrogens is 1. The van der Waals surface area contributed by atoms with Gasteiger partial charge in [-0.05, 0) is 49.1 Å². The maximum Gasteiger partial charge on any atom is 0.253 e. The number of amides is 1. The zero-order valence-electron chi connectivity index (χ0n) is 18.8. The second kappa shape index (κ2) is 11.5. The van der Waals surface area contributed by atoms with Crippen LogP contribution in [0.2, 0.25) is 0 Å². The van der Waals surface area contributed by atoms with E-state index in [9.17, 15) is 4.79 Å². The molecule has 2 aromatic rings. The van der Waals surface area contributed by atoms with Crippen LogP contribution in [-0.4, -0.2) is 73.5 Å². The number of carbonyl (C=O) groups is 1. The van der Waals surface area contributed by atoms with Gasteiger partial charge in [0.1, 0.15) is 0 Å². The SMILES string of the molecule is CN=C(NCCc1cccc(C(=O)N(C)C)c1)NC1CCN(Cc2ccccn2)CC1. The Labute approximate surface area is 185 Å². The maximum absolute atomic E-state index is 12.1. The summed E-state index contributed by atoms with van der Waals surface area (Å²) in [6.07, 6.45) is 4.86. The highest BCUT2D eigenvalue weighted by Gasteiger charge is 2.20. The van der Waals surface area contributed by atoms with Crippen molar-refractivity contribution in [3.63, 3.8) is 0 Å². The number of nitrogens with one attached hydrogen (secondary N) is 2. The summed E-state index contributed by atoms with van der Waals surface area (Å²) in [4.78, 5) is 25.0. The molecule has 3 rings (SSSR count). The molecule has 31 heavy (non-hydrogen) atoms. The molecule has 7 heteroatoms. The summed E-state index contributed by atoms with van der Waals surface area (Å²) in [5, 5.41) is 6.96. The molecule has 1 aromatic heterocycles. The van der Waals surface area contributed by atoms with Crippen LogP contribution in [0.3, 0.4) is 0 Å². The Balaban J connectivity index is 1.40. The highest BCUT2D eigenvalue weighted by Crippen LogP contribution is 2.13. The van der Waals surface area contributed by atoms with Crippen LogP contribution < -0.4 is 10.6 Å². The van der Waals surface area contributed by atoms with E-state index >= 15 is 0 Å². The van der Waals surface area contributed by atoms with Crippen LogP contribution in [0.1, 0.15) is 34.5 Å². The third-order valence-corrected chi connectivity index (χ3v) is 5.55. The van der Waals surface area contributed by atoms with Gasteiger partial charge in [0.15, 0.2) is 5.96 Å². The lowest BCUT2D eigenvalue weighted by molar-refractivity contribution is 0.0827. The van der Waals surface area contributed by atoms with Gasteiger partial charge in [-0.3, -0.25) is 19.7 Å². The van der Waals surface area contributed by atoms with Gasteiger partial charge in [0.05, 0.1) is 5.69 Å². The first-order valence-corrected chi connectivity index (χ1v) is 10.9. The van der Waals surface area contributed by atoms with Crippen molar-refractivity contribution in [2.45, 2.75) is 31.8 Å². The number of aliphatic imine (C=N–C) groups is 1. The molecule has 0 bridgehead atoms. The van der Waals surface area contributed by atoms with Crippen LogP contribution in [0.25, 0.3) is 0 Å². The lowest BCUT2D eigenvalue weighted by Gasteiger charge is -2.32. The van der Waals surface area contributed by atoms with E-state index in [2.05, 4.69) is 37.6 Å². The number of rotatable bonds is 7. The highest BCUT2D eigenvalue weighted by molar-refractivity contribution is 5.94. The van der Waals surface area contributed by atoms with Crippen LogP contribution in [0, 0.1) is 0 Å². The molecular formula is C24H34N6O. The molecule has 1 aromatic carbocycles. The fourth-order valence-electron chi connectivity index (χ4n) is 3.79. The van der Waals surface area contributed by atoms with Crippen molar-refractivity contribution < 1.29 is 4.79 Å². The molecule has 1 fully saturated rings. The van der Waals surface area contributed by atoms with E-state index in [1.165, 1.54) is 0 Å². The van der Waals surface area contributed by atoms with Crippen molar-refractivity contribution >= 4 is 11.9 Å². The van der Waals surface area contributed by atoms with Crippen LogP contribution in [0.5, 0.6) is 0 Å². The number of guanidine groups is 1. The average Bonchev–Trinajstić information content (AvgIpc) is 2.80. The molecule has 7 nitrogen and oxygen atoms in total. The summed E-state index contributed by atoms with van der Waals surface area (Å²) >= 11 is 0. The Morgan fingerprint density at radius 1 is 1.19 bits per heavy atom. The minimum Gasteiger partial charge on any atom is -0.356 e. The number of carbonyl (C=O) groups excluding carboxylic acids is 1. The third kappa shape index (κ3) is 7.07. The van der Waals surface area contributed by atoms with E-state index < -0.39 is 0 Å². The smallest absolute Gasteiger partial charge is 0.253 e.